The van der Waals surface area contributed by atoms with Gasteiger partial charge in [0.25, 0.3) is 0 Å². The van der Waals surface area contributed by atoms with Crippen molar-refractivity contribution in [1.82, 2.24) is 9.80 Å². The number of rotatable bonds is 4. The molecule has 148 valence electrons. The third-order valence-corrected chi connectivity index (χ3v) is 5.24. The summed E-state index contributed by atoms with van der Waals surface area (Å²) in [5.41, 5.74) is -1.03. The predicted octanol–water partition coefficient (Wildman–Crippen LogP) is 4.33. The first kappa shape index (κ1) is 19.9. The first-order valence-electron chi connectivity index (χ1n) is 9.42. The van der Waals surface area contributed by atoms with Crippen LogP contribution in [0.3, 0.4) is 0 Å². The van der Waals surface area contributed by atoms with E-state index >= 15 is 0 Å². The maximum Gasteiger partial charge on any atom is 0.416 e. The van der Waals surface area contributed by atoms with Crippen molar-refractivity contribution in [3.05, 3.63) is 41.2 Å². The van der Waals surface area contributed by atoms with E-state index in [0.29, 0.717) is 12.6 Å². The summed E-state index contributed by atoms with van der Waals surface area (Å²) in [5, 5.41) is 0. The fraction of sp³-hybridized carbons (Fsp3) is 0.550. The van der Waals surface area contributed by atoms with Gasteiger partial charge in [0.2, 0.25) is 5.91 Å². The summed E-state index contributed by atoms with van der Waals surface area (Å²) >= 11 is 0. The number of halogens is 4. The van der Waals surface area contributed by atoms with Crippen LogP contribution in [-0.2, 0) is 11.0 Å². The van der Waals surface area contributed by atoms with Crippen molar-refractivity contribution in [3.63, 3.8) is 0 Å². The Morgan fingerprint density at radius 3 is 2.52 bits per heavy atom. The first-order chi connectivity index (χ1) is 12.8. The largest absolute Gasteiger partial charge is 0.416 e. The molecule has 1 atom stereocenters. The SMILES string of the molecule is O=C(C=Cc1cc(F)cc(C(F)(F)F)c1)N1CCCC1CN1CCCCC1. The average molecular weight is 384 g/mol. The zero-order valence-electron chi connectivity index (χ0n) is 15.1. The monoisotopic (exact) mass is 384 g/mol. The van der Waals surface area contributed by atoms with Gasteiger partial charge in [-0.2, -0.15) is 13.2 Å². The van der Waals surface area contributed by atoms with E-state index in [1.165, 1.54) is 31.4 Å². The van der Waals surface area contributed by atoms with Gasteiger partial charge in [0, 0.05) is 25.2 Å². The van der Waals surface area contributed by atoms with Gasteiger partial charge in [-0.25, -0.2) is 4.39 Å². The molecule has 1 aromatic rings. The fourth-order valence-corrected chi connectivity index (χ4v) is 3.89. The Morgan fingerprint density at radius 1 is 1.07 bits per heavy atom. The molecule has 0 saturated carbocycles. The first-order valence-corrected chi connectivity index (χ1v) is 9.42. The topological polar surface area (TPSA) is 23.6 Å². The van der Waals surface area contributed by atoms with Crippen LogP contribution < -0.4 is 0 Å². The molecule has 0 N–H and O–H groups in total. The van der Waals surface area contributed by atoms with E-state index in [1.807, 2.05) is 0 Å². The lowest BCUT2D eigenvalue weighted by Gasteiger charge is -2.32. The molecular formula is C20H24F4N2O. The fourth-order valence-electron chi connectivity index (χ4n) is 3.89. The van der Waals surface area contributed by atoms with Crippen LogP contribution in [-0.4, -0.2) is 47.9 Å². The zero-order chi connectivity index (χ0) is 19.4. The molecule has 0 radical (unpaired) electrons. The van der Waals surface area contributed by atoms with E-state index in [9.17, 15) is 22.4 Å². The molecule has 1 unspecified atom stereocenters. The van der Waals surface area contributed by atoms with Gasteiger partial charge in [-0.1, -0.05) is 6.42 Å². The van der Waals surface area contributed by atoms with E-state index in [-0.39, 0.29) is 17.5 Å². The summed E-state index contributed by atoms with van der Waals surface area (Å²) in [6.07, 6.45) is 3.37. The lowest BCUT2D eigenvalue weighted by atomic mass is 10.1. The molecule has 2 fully saturated rings. The van der Waals surface area contributed by atoms with Crippen molar-refractivity contribution >= 4 is 12.0 Å². The third-order valence-electron chi connectivity index (χ3n) is 5.24. The van der Waals surface area contributed by atoms with E-state index in [2.05, 4.69) is 4.90 Å². The molecule has 0 bridgehead atoms. The highest BCUT2D eigenvalue weighted by Gasteiger charge is 2.31. The van der Waals surface area contributed by atoms with E-state index in [1.54, 1.807) is 4.90 Å². The van der Waals surface area contributed by atoms with Crippen LogP contribution >= 0.6 is 0 Å². The van der Waals surface area contributed by atoms with Crippen molar-refractivity contribution in [2.45, 2.75) is 44.3 Å². The van der Waals surface area contributed by atoms with Gasteiger partial charge in [0.1, 0.15) is 5.82 Å². The molecule has 2 saturated heterocycles. The maximum atomic E-state index is 13.5. The number of piperidine rings is 1. The highest BCUT2D eigenvalue weighted by Crippen LogP contribution is 2.30. The lowest BCUT2D eigenvalue weighted by Crippen LogP contribution is -2.44. The lowest BCUT2D eigenvalue weighted by molar-refractivity contribution is -0.137. The molecule has 27 heavy (non-hydrogen) atoms. The molecule has 1 amide bonds. The minimum atomic E-state index is -4.62. The molecule has 0 spiro atoms. The highest BCUT2D eigenvalue weighted by molar-refractivity contribution is 5.92. The van der Waals surface area contributed by atoms with Gasteiger partial charge >= 0.3 is 6.18 Å². The zero-order valence-corrected chi connectivity index (χ0v) is 15.1. The number of carbonyl (C=O) groups excluding carboxylic acids is 1. The second kappa shape index (κ2) is 8.42. The van der Waals surface area contributed by atoms with Gasteiger partial charge in [-0.05, 0) is 68.6 Å². The number of hydrogen-bond acceptors (Lipinski definition) is 2. The number of amides is 1. The summed E-state index contributed by atoms with van der Waals surface area (Å²) in [6.45, 7) is 3.60. The number of hydrogen-bond donors (Lipinski definition) is 0. The van der Waals surface area contributed by atoms with Crippen LogP contribution in [0.2, 0.25) is 0 Å². The minimum Gasteiger partial charge on any atom is -0.335 e. The molecule has 0 aliphatic carbocycles. The van der Waals surface area contributed by atoms with Gasteiger partial charge in [0.15, 0.2) is 0 Å². The standard InChI is InChI=1S/C20H24F4N2O/c21-17-12-15(11-16(13-17)20(22,23)24)6-7-19(27)26-10-4-5-18(26)14-25-8-2-1-3-9-25/h6-7,11-13,18H,1-5,8-10,14H2. The Kier molecular flexibility index (Phi) is 6.19. The van der Waals surface area contributed by atoms with Crippen molar-refractivity contribution < 1.29 is 22.4 Å². The molecular weight excluding hydrogens is 360 g/mol. The van der Waals surface area contributed by atoms with Gasteiger partial charge in [0.05, 0.1) is 5.56 Å². The van der Waals surface area contributed by atoms with Gasteiger partial charge in [-0.15, -0.1) is 0 Å². The van der Waals surface area contributed by atoms with Crippen LogP contribution in [0.25, 0.3) is 6.08 Å². The van der Waals surface area contributed by atoms with Crippen molar-refractivity contribution in [2.24, 2.45) is 0 Å². The van der Waals surface area contributed by atoms with Crippen LogP contribution in [0, 0.1) is 5.82 Å². The number of benzene rings is 1. The number of likely N-dealkylation sites (tertiary alicyclic amines) is 2. The van der Waals surface area contributed by atoms with Crippen LogP contribution in [0.4, 0.5) is 17.6 Å². The van der Waals surface area contributed by atoms with Crippen molar-refractivity contribution in [1.29, 1.82) is 0 Å². The number of carbonyl (C=O) groups is 1. The third kappa shape index (κ3) is 5.31. The summed E-state index contributed by atoms with van der Waals surface area (Å²) in [4.78, 5) is 16.7. The van der Waals surface area contributed by atoms with E-state index < -0.39 is 17.6 Å². The van der Waals surface area contributed by atoms with Crippen LogP contribution in [0.5, 0.6) is 0 Å². The Morgan fingerprint density at radius 2 is 1.81 bits per heavy atom. The Labute approximate surface area is 156 Å². The maximum absolute atomic E-state index is 13.5. The second-order valence-electron chi connectivity index (χ2n) is 7.29. The molecule has 3 nitrogen and oxygen atoms in total. The van der Waals surface area contributed by atoms with E-state index in [0.717, 1.165) is 44.6 Å². The van der Waals surface area contributed by atoms with E-state index in [4.69, 9.17) is 0 Å². The summed E-state index contributed by atoms with van der Waals surface area (Å²) in [7, 11) is 0. The predicted molar refractivity (Wildman–Crippen MR) is 95.5 cm³/mol. The summed E-state index contributed by atoms with van der Waals surface area (Å²) < 4.78 is 51.9. The smallest absolute Gasteiger partial charge is 0.335 e. The van der Waals surface area contributed by atoms with Gasteiger partial charge in [-0.3, -0.25) is 4.79 Å². The number of nitrogens with zero attached hydrogens (tertiary/aromatic N) is 2. The van der Waals surface area contributed by atoms with Crippen molar-refractivity contribution in [2.75, 3.05) is 26.2 Å². The molecule has 3 rings (SSSR count). The van der Waals surface area contributed by atoms with Crippen LogP contribution in [0.1, 0.15) is 43.2 Å². The normalized spacial score (nSPS) is 21.9. The molecule has 2 aliphatic rings. The van der Waals surface area contributed by atoms with Crippen LogP contribution in [0.15, 0.2) is 24.3 Å². The minimum absolute atomic E-state index is 0.0300. The average Bonchev–Trinajstić information content (AvgIpc) is 3.07. The number of alkyl halides is 3. The Hall–Kier alpha value is -1.89. The molecule has 2 aliphatic heterocycles. The second-order valence-corrected chi connectivity index (χ2v) is 7.29. The quantitative estimate of drug-likeness (QED) is 0.570. The summed E-state index contributed by atoms with van der Waals surface area (Å²) in [6, 6.07) is 2.43. The van der Waals surface area contributed by atoms with Gasteiger partial charge < -0.3 is 9.80 Å². The Bertz CT molecular complexity index is 696. The summed E-state index contributed by atoms with van der Waals surface area (Å²) in [5.74, 6) is -1.20. The molecule has 2 heterocycles. The highest BCUT2D eigenvalue weighted by atomic mass is 19.4. The molecule has 0 aromatic heterocycles. The Balaban J connectivity index is 1.66. The molecule has 1 aromatic carbocycles. The molecule has 7 heteroatoms. The van der Waals surface area contributed by atoms with Crippen molar-refractivity contribution in [3.8, 4) is 0 Å².